The Labute approximate surface area is 88.5 Å². The van der Waals surface area contributed by atoms with Gasteiger partial charge in [-0.2, -0.15) is 0 Å². The molecule has 0 unspecified atom stereocenters. The third kappa shape index (κ3) is 2.58. The van der Waals surface area contributed by atoms with E-state index in [1.165, 1.54) is 0 Å². The highest BCUT2D eigenvalue weighted by Gasteiger charge is 1.96. The van der Waals surface area contributed by atoms with Crippen molar-refractivity contribution < 1.29 is 9.52 Å². The normalized spacial score (nSPS) is 11.0. The predicted octanol–water partition coefficient (Wildman–Crippen LogP) is 2.94. The van der Waals surface area contributed by atoms with Crippen molar-refractivity contribution in [2.45, 2.75) is 6.61 Å². The van der Waals surface area contributed by atoms with Crippen molar-refractivity contribution >= 4 is 12.2 Å². The van der Waals surface area contributed by atoms with Crippen LogP contribution in [-0.4, -0.2) is 5.11 Å². The van der Waals surface area contributed by atoms with Crippen molar-refractivity contribution in [3.05, 3.63) is 59.5 Å². The van der Waals surface area contributed by atoms with Gasteiger partial charge in [-0.05, 0) is 23.8 Å². The van der Waals surface area contributed by atoms with Gasteiger partial charge in [0.25, 0.3) is 0 Å². The van der Waals surface area contributed by atoms with Gasteiger partial charge in [0.05, 0.1) is 0 Å². The Morgan fingerprint density at radius 3 is 2.47 bits per heavy atom. The van der Waals surface area contributed by atoms with Gasteiger partial charge in [0.2, 0.25) is 0 Å². The number of aliphatic hydroxyl groups excluding tert-OH is 1. The van der Waals surface area contributed by atoms with Crippen molar-refractivity contribution in [3.63, 3.8) is 0 Å². The highest BCUT2D eigenvalue weighted by Crippen LogP contribution is 2.11. The second-order valence-electron chi connectivity index (χ2n) is 3.21. The number of aliphatic hydroxyl groups is 1. The number of benzene rings is 1. The molecule has 1 heterocycles. The van der Waals surface area contributed by atoms with Crippen LogP contribution in [0.1, 0.15) is 17.1 Å². The van der Waals surface area contributed by atoms with Crippen LogP contribution < -0.4 is 0 Å². The third-order valence-corrected chi connectivity index (χ3v) is 2.08. The molecular formula is C13H12O2. The zero-order chi connectivity index (χ0) is 10.5. The second kappa shape index (κ2) is 4.62. The van der Waals surface area contributed by atoms with Gasteiger partial charge >= 0.3 is 0 Å². The van der Waals surface area contributed by atoms with Crippen LogP contribution in [0.5, 0.6) is 0 Å². The molecule has 2 aromatic rings. The average Bonchev–Trinajstić information content (AvgIpc) is 2.76. The minimum Gasteiger partial charge on any atom is -0.459 e. The molecule has 2 rings (SSSR count). The van der Waals surface area contributed by atoms with E-state index in [4.69, 9.17) is 9.52 Å². The predicted molar refractivity (Wildman–Crippen MR) is 60.0 cm³/mol. The van der Waals surface area contributed by atoms with E-state index < -0.39 is 0 Å². The SMILES string of the molecule is OCc1ccc(/C=C\c2ccccc2)o1. The summed E-state index contributed by atoms with van der Waals surface area (Å²) in [4.78, 5) is 0. The van der Waals surface area contributed by atoms with Crippen LogP contribution in [0.15, 0.2) is 46.9 Å². The van der Waals surface area contributed by atoms with Gasteiger partial charge in [-0.15, -0.1) is 0 Å². The van der Waals surface area contributed by atoms with Gasteiger partial charge in [-0.3, -0.25) is 0 Å². The molecular weight excluding hydrogens is 188 g/mol. The molecule has 0 spiro atoms. The lowest BCUT2D eigenvalue weighted by Crippen LogP contribution is -1.73. The van der Waals surface area contributed by atoms with E-state index in [0.29, 0.717) is 5.76 Å². The van der Waals surface area contributed by atoms with Gasteiger partial charge in [-0.25, -0.2) is 0 Å². The standard InChI is InChI=1S/C13H12O2/c14-10-13-9-8-12(15-13)7-6-11-4-2-1-3-5-11/h1-9,14H,10H2/b7-6-. The Balaban J connectivity index is 2.11. The van der Waals surface area contributed by atoms with Crippen molar-refractivity contribution in [2.24, 2.45) is 0 Å². The van der Waals surface area contributed by atoms with Crippen LogP contribution in [0, 0.1) is 0 Å². The van der Waals surface area contributed by atoms with E-state index in [-0.39, 0.29) is 6.61 Å². The van der Waals surface area contributed by atoms with E-state index in [1.807, 2.05) is 48.6 Å². The van der Waals surface area contributed by atoms with E-state index in [0.717, 1.165) is 11.3 Å². The Morgan fingerprint density at radius 2 is 1.80 bits per heavy atom. The van der Waals surface area contributed by atoms with Crippen LogP contribution in [0.4, 0.5) is 0 Å². The van der Waals surface area contributed by atoms with Gasteiger partial charge < -0.3 is 9.52 Å². The molecule has 0 bridgehead atoms. The summed E-state index contributed by atoms with van der Waals surface area (Å²) in [7, 11) is 0. The minimum absolute atomic E-state index is 0.0564. The molecule has 15 heavy (non-hydrogen) atoms. The maximum absolute atomic E-state index is 8.82. The van der Waals surface area contributed by atoms with Crippen molar-refractivity contribution in [1.29, 1.82) is 0 Å². The van der Waals surface area contributed by atoms with Gasteiger partial charge in [0.1, 0.15) is 18.1 Å². The molecule has 0 aliphatic heterocycles. The lowest BCUT2D eigenvalue weighted by atomic mass is 10.2. The number of hydrogen-bond acceptors (Lipinski definition) is 2. The zero-order valence-corrected chi connectivity index (χ0v) is 8.26. The maximum Gasteiger partial charge on any atom is 0.130 e. The summed E-state index contributed by atoms with van der Waals surface area (Å²) in [5.74, 6) is 1.34. The van der Waals surface area contributed by atoms with Gasteiger partial charge in [0, 0.05) is 0 Å². The minimum atomic E-state index is -0.0564. The lowest BCUT2D eigenvalue weighted by molar-refractivity contribution is 0.246. The van der Waals surface area contributed by atoms with E-state index in [2.05, 4.69) is 0 Å². The summed E-state index contributed by atoms with van der Waals surface area (Å²) in [5.41, 5.74) is 1.12. The molecule has 0 saturated heterocycles. The van der Waals surface area contributed by atoms with Crippen LogP contribution in [0.3, 0.4) is 0 Å². The molecule has 2 heteroatoms. The Morgan fingerprint density at radius 1 is 1.00 bits per heavy atom. The molecule has 1 aromatic heterocycles. The molecule has 2 nitrogen and oxygen atoms in total. The Hall–Kier alpha value is -1.80. The maximum atomic E-state index is 8.82. The van der Waals surface area contributed by atoms with Crippen LogP contribution >= 0.6 is 0 Å². The summed E-state index contributed by atoms with van der Waals surface area (Å²) in [6.07, 6.45) is 3.86. The van der Waals surface area contributed by atoms with Crippen LogP contribution in [0.2, 0.25) is 0 Å². The lowest BCUT2D eigenvalue weighted by Gasteiger charge is -1.90. The van der Waals surface area contributed by atoms with E-state index in [1.54, 1.807) is 6.07 Å². The van der Waals surface area contributed by atoms with E-state index >= 15 is 0 Å². The molecule has 0 radical (unpaired) electrons. The summed E-state index contributed by atoms with van der Waals surface area (Å²) in [6.45, 7) is -0.0564. The topological polar surface area (TPSA) is 33.4 Å². The summed E-state index contributed by atoms with van der Waals surface area (Å²) < 4.78 is 5.32. The number of rotatable bonds is 3. The number of furan rings is 1. The Bertz CT molecular complexity index is 441. The largest absolute Gasteiger partial charge is 0.459 e. The summed E-state index contributed by atoms with van der Waals surface area (Å²) in [5, 5.41) is 8.82. The highest BCUT2D eigenvalue weighted by molar-refractivity contribution is 5.67. The van der Waals surface area contributed by atoms with Crippen LogP contribution in [-0.2, 0) is 6.61 Å². The first-order valence-corrected chi connectivity index (χ1v) is 4.81. The summed E-state index contributed by atoms with van der Waals surface area (Å²) >= 11 is 0. The van der Waals surface area contributed by atoms with Crippen LogP contribution in [0.25, 0.3) is 12.2 Å². The Kier molecular flexibility index (Phi) is 3.00. The zero-order valence-electron chi connectivity index (χ0n) is 8.26. The fraction of sp³-hybridized carbons (Fsp3) is 0.0769. The third-order valence-electron chi connectivity index (χ3n) is 2.08. The van der Waals surface area contributed by atoms with Gasteiger partial charge in [0.15, 0.2) is 0 Å². The molecule has 1 N–H and O–H groups in total. The first-order chi connectivity index (χ1) is 7.38. The molecule has 0 fully saturated rings. The second-order valence-corrected chi connectivity index (χ2v) is 3.21. The first kappa shape index (κ1) is 9.74. The average molecular weight is 200 g/mol. The molecule has 0 saturated carbocycles. The van der Waals surface area contributed by atoms with E-state index in [9.17, 15) is 0 Å². The first-order valence-electron chi connectivity index (χ1n) is 4.81. The summed E-state index contributed by atoms with van der Waals surface area (Å²) in [6, 6.07) is 13.6. The molecule has 1 aromatic carbocycles. The highest BCUT2D eigenvalue weighted by atomic mass is 16.4. The molecule has 0 amide bonds. The molecule has 0 aliphatic carbocycles. The van der Waals surface area contributed by atoms with Crippen molar-refractivity contribution in [2.75, 3.05) is 0 Å². The molecule has 0 atom stereocenters. The van der Waals surface area contributed by atoms with Crippen molar-refractivity contribution in [3.8, 4) is 0 Å². The molecule has 0 aliphatic rings. The fourth-order valence-electron chi connectivity index (χ4n) is 1.31. The quantitative estimate of drug-likeness (QED) is 0.826. The number of hydrogen-bond donors (Lipinski definition) is 1. The monoisotopic (exact) mass is 200 g/mol. The molecule has 76 valence electrons. The van der Waals surface area contributed by atoms with Gasteiger partial charge in [-0.1, -0.05) is 36.4 Å². The fourth-order valence-corrected chi connectivity index (χ4v) is 1.31. The smallest absolute Gasteiger partial charge is 0.130 e. The van der Waals surface area contributed by atoms with Crippen molar-refractivity contribution in [1.82, 2.24) is 0 Å².